The highest BCUT2D eigenvalue weighted by molar-refractivity contribution is 6.28. The summed E-state index contributed by atoms with van der Waals surface area (Å²) >= 11 is 5.86. The summed E-state index contributed by atoms with van der Waals surface area (Å²) in [7, 11) is 0. The lowest BCUT2D eigenvalue weighted by Gasteiger charge is -2.09. The maximum atomic E-state index is 5.86. The maximum Gasteiger partial charge on any atom is 0.229 e. The molecule has 0 aliphatic carbocycles. The Morgan fingerprint density at radius 2 is 1.74 bits per heavy atom. The predicted octanol–water partition coefficient (Wildman–Crippen LogP) is 2.88. The molecule has 0 aliphatic heterocycles. The zero-order valence-corrected chi connectivity index (χ0v) is 11.7. The number of anilines is 2. The fourth-order valence-electron chi connectivity index (χ4n) is 1.65. The maximum absolute atomic E-state index is 5.86. The monoisotopic (exact) mass is 277 g/mol. The van der Waals surface area contributed by atoms with E-state index in [-0.39, 0.29) is 5.28 Å². The molecule has 1 aromatic carbocycles. The van der Waals surface area contributed by atoms with E-state index in [0.717, 1.165) is 6.54 Å². The fourth-order valence-corrected chi connectivity index (χ4v) is 1.81. The first-order chi connectivity index (χ1) is 9.19. The van der Waals surface area contributed by atoms with Gasteiger partial charge in [-0.15, -0.1) is 0 Å². The Hall–Kier alpha value is -1.88. The largest absolute Gasteiger partial charge is 0.354 e. The Morgan fingerprint density at radius 1 is 1.05 bits per heavy atom. The van der Waals surface area contributed by atoms with Crippen LogP contribution in [-0.4, -0.2) is 21.5 Å². The van der Waals surface area contributed by atoms with Gasteiger partial charge in [0.2, 0.25) is 17.2 Å². The average molecular weight is 278 g/mol. The summed E-state index contributed by atoms with van der Waals surface area (Å²) in [5, 5.41) is 6.35. The molecule has 1 heterocycles. The summed E-state index contributed by atoms with van der Waals surface area (Å²) in [6, 6.07) is 8.16. The molecule has 19 heavy (non-hydrogen) atoms. The molecule has 0 saturated heterocycles. The van der Waals surface area contributed by atoms with Gasteiger partial charge in [0.15, 0.2) is 0 Å². The van der Waals surface area contributed by atoms with Gasteiger partial charge in [0.05, 0.1) is 0 Å². The Balaban J connectivity index is 2.09. The number of nitrogens with zero attached hydrogens (tertiary/aromatic N) is 3. The molecule has 0 fully saturated rings. The predicted molar refractivity (Wildman–Crippen MR) is 77.5 cm³/mol. The van der Waals surface area contributed by atoms with Crippen LogP contribution in [0.2, 0.25) is 5.28 Å². The standard InChI is InChI=1S/C13H16ClN5/c1-3-15-12-17-11(14)18-13(19-12)16-8-10-7-5-4-6-9(10)2/h4-7H,3,8H2,1-2H3,(H2,15,16,17,18,19). The summed E-state index contributed by atoms with van der Waals surface area (Å²) in [5.41, 5.74) is 2.42. The van der Waals surface area contributed by atoms with Crippen molar-refractivity contribution in [1.29, 1.82) is 0 Å². The summed E-state index contributed by atoms with van der Waals surface area (Å²) in [6.07, 6.45) is 0. The van der Waals surface area contributed by atoms with Crippen molar-refractivity contribution in [2.45, 2.75) is 20.4 Å². The molecule has 0 spiro atoms. The van der Waals surface area contributed by atoms with Gasteiger partial charge in [0, 0.05) is 13.1 Å². The highest BCUT2D eigenvalue weighted by atomic mass is 35.5. The van der Waals surface area contributed by atoms with Gasteiger partial charge in [0.1, 0.15) is 0 Å². The third-order valence-electron chi connectivity index (χ3n) is 2.64. The van der Waals surface area contributed by atoms with E-state index < -0.39 is 0 Å². The molecular weight excluding hydrogens is 262 g/mol. The van der Waals surface area contributed by atoms with Gasteiger partial charge >= 0.3 is 0 Å². The minimum atomic E-state index is 0.179. The molecule has 0 bridgehead atoms. The van der Waals surface area contributed by atoms with Crippen LogP contribution >= 0.6 is 11.6 Å². The van der Waals surface area contributed by atoms with E-state index in [9.17, 15) is 0 Å². The van der Waals surface area contributed by atoms with E-state index in [1.54, 1.807) is 0 Å². The fraction of sp³-hybridized carbons (Fsp3) is 0.308. The van der Waals surface area contributed by atoms with Crippen LogP contribution in [0.25, 0.3) is 0 Å². The van der Waals surface area contributed by atoms with Gasteiger partial charge in [-0.1, -0.05) is 24.3 Å². The highest BCUT2D eigenvalue weighted by Gasteiger charge is 2.04. The van der Waals surface area contributed by atoms with Crippen LogP contribution < -0.4 is 10.6 Å². The number of hydrogen-bond acceptors (Lipinski definition) is 5. The molecule has 5 nitrogen and oxygen atoms in total. The average Bonchev–Trinajstić information content (AvgIpc) is 2.37. The quantitative estimate of drug-likeness (QED) is 0.880. The molecule has 0 unspecified atom stereocenters. The second-order valence-electron chi connectivity index (χ2n) is 4.06. The van der Waals surface area contributed by atoms with Crippen molar-refractivity contribution in [2.24, 2.45) is 0 Å². The van der Waals surface area contributed by atoms with E-state index in [1.165, 1.54) is 11.1 Å². The van der Waals surface area contributed by atoms with Gasteiger partial charge in [-0.25, -0.2) is 0 Å². The van der Waals surface area contributed by atoms with E-state index in [0.29, 0.717) is 18.4 Å². The number of halogens is 1. The van der Waals surface area contributed by atoms with Crippen molar-refractivity contribution < 1.29 is 0 Å². The number of benzene rings is 1. The second kappa shape index (κ2) is 6.33. The van der Waals surface area contributed by atoms with Crippen LogP contribution in [0.4, 0.5) is 11.9 Å². The third-order valence-corrected chi connectivity index (χ3v) is 2.81. The van der Waals surface area contributed by atoms with Crippen molar-refractivity contribution in [3.05, 3.63) is 40.7 Å². The smallest absolute Gasteiger partial charge is 0.229 e. The Bertz CT molecular complexity index is 558. The Labute approximate surface area is 117 Å². The zero-order valence-electron chi connectivity index (χ0n) is 10.9. The normalized spacial score (nSPS) is 10.3. The van der Waals surface area contributed by atoms with Gasteiger partial charge in [-0.05, 0) is 36.6 Å². The molecule has 0 aliphatic rings. The number of aromatic nitrogens is 3. The van der Waals surface area contributed by atoms with Crippen molar-refractivity contribution in [3.8, 4) is 0 Å². The molecule has 1 aromatic heterocycles. The number of rotatable bonds is 5. The first kappa shape index (κ1) is 13.5. The van der Waals surface area contributed by atoms with Gasteiger partial charge < -0.3 is 10.6 Å². The highest BCUT2D eigenvalue weighted by Crippen LogP contribution is 2.12. The number of nitrogens with one attached hydrogen (secondary N) is 2. The zero-order chi connectivity index (χ0) is 13.7. The summed E-state index contributed by atoms with van der Waals surface area (Å²) in [4.78, 5) is 12.3. The number of aryl methyl sites for hydroxylation is 1. The van der Waals surface area contributed by atoms with Crippen molar-refractivity contribution in [2.75, 3.05) is 17.2 Å². The van der Waals surface area contributed by atoms with Crippen molar-refractivity contribution in [3.63, 3.8) is 0 Å². The Kier molecular flexibility index (Phi) is 4.52. The molecule has 0 amide bonds. The molecule has 0 radical (unpaired) electrons. The van der Waals surface area contributed by atoms with Gasteiger partial charge in [-0.2, -0.15) is 15.0 Å². The van der Waals surface area contributed by atoms with Crippen LogP contribution in [0.3, 0.4) is 0 Å². The van der Waals surface area contributed by atoms with E-state index >= 15 is 0 Å². The lowest BCUT2D eigenvalue weighted by atomic mass is 10.1. The third kappa shape index (κ3) is 3.79. The molecular formula is C13H16ClN5. The SMILES string of the molecule is CCNc1nc(Cl)nc(NCc2ccccc2C)n1. The summed E-state index contributed by atoms with van der Waals surface area (Å²) in [6.45, 7) is 5.43. The summed E-state index contributed by atoms with van der Waals surface area (Å²) < 4.78 is 0. The topological polar surface area (TPSA) is 62.7 Å². The molecule has 100 valence electrons. The summed E-state index contributed by atoms with van der Waals surface area (Å²) in [5.74, 6) is 0.953. The van der Waals surface area contributed by atoms with Crippen molar-refractivity contribution >= 4 is 23.5 Å². The van der Waals surface area contributed by atoms with Crippen LogP contribution in [0.15, 0.2) is 24.3 Å². The van der Waals surface area contributed by atoms with Gasteiger partial charge in [-0.3, -0.25) is 0 Å². The van der Waals surface area contributed by atoms with Crippen molar-refractivity contribution in [1.82, 2.24) is 15.0 Å². The lowest BCUT2D eigenvalue weighted by Crippen LogP contribution is -2.09. The molecule has 0 saturated carbocycles. The van der Waals surface area contributed by atoms with Gasteiger partial charge in [0.25, 0.3) is 0 Å². The molecule has 2 aromatic rings. The second-order valence-corrected chi connectivity index (χ2v) is 4.40. The van der Waals surface area contributed by atoms with E-state index in [1.807, 2.05) is 19.1 Å². The first-order valence-corrected chi connectivity index (χ1v) is 6.50. The molecule has 2 rings (SSSR count). The van der Waals surface area contributed by atoms with Crippen LogP contribution in [0.5, 0.6) is 0 Å². The Morgan fingerprint density at radius 3 is 2.42 bits per heavy atom. The van der Waals surface area contributed by atoms with E-state index in [4.69, 9.17) is 11.6 Å². The molecule has 0 atom stereocenters. The molecule has 6 heteroatoms. The minimum absolute atomic E-state index is 0.179. The molecule has 2 N–H and O–H groups in total. The van der Waals surface area contributed by atoms with Crippen LogP contribution in [-0.2, 0) is 6.54 Å². The van der Waals surface area contributed by atoms with E-state index in [2.05, 4.69) is 44.6 Å². The minimum Gasteiger partial charge on any atom is -0.354 e. The van der Waals surface area contributed by atoms with Crippen LogP contribution in [0.1, 0.15) is 18.1 Å². The number of hydrogen-bond donors (Lipinski definition) is 2. The first-order valence-electron chi connectivity index (χ1n) is 6.13. The lowest BCUT2D eigenvalue weighted by molar-refractivity contribution is 0.984. The van der Waals surface area contributed by atoms with Crippen LogP contribution in [0, 0.1) is 6.92 Å².